The van der Waals surface area contributed by atoms with Crippen LogP contribution in [-0.2, 0) is 4.74 Å². The highest BCUT2D eigenvalue weighted by molar-refractivity contribution is 5.25. The van der Waals surface area contributed by atoms with Gasteiger partial charge < -0.3 is 15.2 Å². The van der Waals surface area contributed by atoms with Gasteiger partial charge in [-0.1, -0.05) is 12.1 Å². The largest absolute Gasteiger partial charge is 0.389 e. The van der Waals surface area contributed by atoms with Gasteiger partial charge in [-0.15, -0.1) is 0 Å². The number of benzene rings is 1. The molecule has 1 aliphatic carbocycles. The molecule has 0 saturated heterocycles. The first-order valence-corrected chi connectivity index (χ1v) is 7.31. The van der Waals surface area contributed by atoms with Crippen molar-refractivity contribution in [3.8, 4) is 0 Å². The van der Waals surface area contributed by atoms with E-state index in [1.807, 2.05) is 13.0 Å². The van der Waals surface area contributed by atoms with Crippen molar-refractivity contribution < 1.29 is 14.2 Å². The number of aliphatic hydroxyl groups is 1. The van der Waals surface area contributed by atoms with E-state index in [1.54, 1.807) is 19.1 Å². The lowest BCUT2D eigenvalue weighted by molar-refractivity contribution is 0.0315. The van der Waals surface area contributed by atoms with Crippen molar-refractivity contribution in [2.75, 3.05) is 19.8 Å². The standard InChI is InChI=1S/C16H24FNO2/c1-11-3-6-14(7-16(11)17)12(2)18-8-15(19)10-20-9-13-4-5-13/h3,6-7,12-13,15,18-19H,4-5,8-10H2,1-2H3. The van der Waals surface area contributed by atoms with E-state index in [1.165, 1.54) is 12.8 Å². The number of rotatable bonds is 8. The maximum Gasteiger partial charge on any atom is 0.126 e. The van der Waals surface area contributed by atoms with Crippen molar-refractivity contribution >= 4 is 0 Å². The molecule has 2 rings (SSSR count). The Bertz CT molecular complexity index is 434. The summed E-state index contributed by atoms with van der Waals surface area (Å²) < 4.78 is 18.9. The minimum Gasteiger partial charge on any atom is -0.389 e. The zero-order chi connectivity index (χ0) is 14.5. The number of hydrogen-bond donors (Lipinski definition) is 2. The number of halogens is 1. The summed E-state index contributed by atoms with van der Waals surface area (Å²) in [7, 11) is 0. The Morgan fingerprint density at radius 1 is 1.45 bits per heavy atom. The number of aliphatic hydroxyl groups excluding tert-OH is 1. The molecular formula is C16H24FNO2. The number of aryl methyl sites for hydroxylation is 1. The van der Waals surface area contributed by atoms with Gasteiger partial charge in [-0.2, -0.15) is 0 Å². The molecule has 0 aliphatic heterocycles. The van der Waals surface area contributed by atoms with Crippen LogP contribution in [0.15, 0.2) is 18.2 Å². The third kappa shape index (κ3) is 4.85. The van der Waals surface area contributed by atoms with E-state index in [0.29, 0.717) is 24.6 Å². The Morgan fingerprint density at radius 2 is 2.20 bits per heavy atom. The summed E-state index contributed by atoms with van der Waals surface area (Å²) >= 11 is 0. The summed E-state index contributed by atoms with van der Waals surface area (Å²) in [4.78, 5) is 0. The van der Waals surface area contributed by atoms with Gasteiger partial charge >= 0.3 is 0 Å². The van der Waals surface area contributed by atoms with Crippen LogP contribution in [0.1, 0.15) is 36.9 Å². The minimum atomic E-state index is -0.522. The van der Waals surface area contributed by atoms with Crippen molar-refractivity contribution in [2.24, 2.45) is 5.92 Å². The molecule has 2 atom stereocenters. The molecule has 0 heterocycles. The average Bonchev–Trinajstić information content (AvgIpc) is 3.23. The van der Waals surface area contributed by atoms with E-state index in [9.17, 15) is 9.50 Å². The lowest BCUT2D eigenvalue weighted by atomic mass is 10.1. The van der Waals surface area contributed by atoms with Gasteiger partial charge in [-0.3, -0.25) is 0 Å². The van der Waals surface area contributed by atoms with E-state index in [4.69, 9.17) is 4.74 Å². The molecule has 1 aliphatic rings. The summed E-state index contributed by atoms with van der Waals surface area (Å²) in [5, 5.41) is 13.0. The van der Waals surface area contributed by atoms with E-state index in [0.717, 1.165) is 12.2 Å². The average molecular weight is 281 g/mol. The maximum absolute atomic E-state index is 13.5. The Morgan fingerprint density at radius 3 is 2.85 bits per heavy atom. The van der Waals surface area contributed by atoms with Gasteiger partial charge in [0.05, 0.1) is 12.7 Å². The predicted octanol–water partition coefficient (Wildman–Crippen LogP) is 2.57. The predicted molar refractivity (Wildman–Crippen MR) is 77.1 cm³/mol. The lowest BCUT2D eigenvalue weighted by Crippen LogP contribution is -2.32. The number of hydrogen-bond acceptors (Lipinski definition) is 3. The monoisotopic (exact) mass is 281 g/mol. The molecule has 1 aromatic rings. The van der Waals surface area contributed by atoms with Crippen LogP contribution in [0.5, 0.6) is 0 Å². The van der Waals surface area contributed by atoms with Crippen LogP contribution in [0, 0.1) is 18.7 Å². The first kappa shape index (κ1) is 15.4. The topological polar surface area (TPSA) is 41.5 Å². The Labute approximate surface area is 120 Å². The third-order valence-corrected chi connectivity index (χ3v) is 3.72. The van der Waals surface area contributed by atoms with Crippen LogP contribution in [0.2, 0.25) is 0 Å². The van der Waals surface area contributed by atoms with Crippen molar-refractivity contribution in [3.05, 3.63) is 35.1 Å². The van der Waals surface area contributed by atoms with Gasteiger partial charge in [0.25, 0.3) is 0 Å². The highest BCUT2D eigenvalue weighted by Crippen LogP contribution is 2.28. The third-order valence-electron chi connectivity index (χ3n) is 3.72. The molecular weight excluding hydrogens is 257 g/mol. The molecule has 0 spiro atoms. The van der Waals surface area contributed by atoms with Crippen LogP contribution < -0.4 is 5.32 Å². The van der Waals surface area contributed by atoms with E-state index in [-0.39, 0.29) is 11.9 Å². The second-order valence-electron chi connectivity index (χ2n) is 5.77. The fraction of sp³-hybridized carbons (Fsp3) is 0.625. The summed E-state index contributed by atoms with van der Waals surface area (Å²) in [6, 6.07) is 5.23. The Hall–Kier alpha value is -0.970. The summed E-state index contributed by atoms with van der Waals surface area (Å²) in [5.41, 5.74) is 1.54. The normalized spacial score (nSPS) is 18.0. The van der Waals surface area contributed by atoms with Gasteiger partial charge in [0.15, 0.2) is 0 Å². The number of ether oxygens (including phenoxy) is 1. The molecule has 4 heteroatoms. The van der Waals surface area contributed by atoms with Crippen molar-refractivity contribution in [1.82, 2.24) is 5.32 Å². The molecule has 1 saturated carbocycles. The number of nitrogens with one attached hydrogen (secondary N) is 1. The van der Waals surface area contributed by atoms with Crippen LogP contribution in [-0.4, -0.2) is 31.0 Å². The first-order valence-electron chi connectivity index (χ1n) is 7.31. The molecule has 0 amide bonds. The molecule has 2 unspecified atom stereocenters. The van der Waals surface area contributed by atoms with Gasteiger partial charge in [-0.25, -0.2) is 4.39 Å². The Kier molecular flexibility index (Phi) is 5.52. The molecule has 3 nitrogen and oxygen atoms in total. The fourth-order valence-electron chi connectivity index (χ4n) is 2.02. The molecule has 0 bridgehead atoms. The molecule has 1 fully saturated rings. The van der Waals surface area contributed by atoms with E-state index >= 15 is 0 Å². The Balaban J connectivity index is 1.69. The van der Waals surface area contributed by atoms with Gasteiger partial charge in [-0.05, 0) is 49.8 Å². The smallest absolute Gasteiger partial charge is 0.126 e. The lowest BCUT2D eigenvalue weighted by Gasteiger charge is -2.18. The molecule has 112 valence electrons. The van der Waals surface area contributed by atoms with Crippen LogP contribution in [0.25, 0.3) is 0 Å². The van der Waals surface area contributed by atoms with Gasteiger partial charge in [0.2, 0.25) is 0 Å². The second-order valence-corrected chi connectivity index (χ2v) is 5.77. The van der Waals surface area contributed by atoms with Crippen molar-refractivity contribution in [1.29, 1.82) is 0 Å². The zero-order valence-electron chi connectivity index (χ0n) is 12.2. The zero-order valence-corrected chi connectivity index (χ0v) is 12.2. The quantitative estimate of drug-likeness (QED) is 0.769. The molecule has 0 radical (unpaired) electrons. The van der Waals surface area contributed by atoms with Crippen LogP contribution in [0.4, 0.5) is 4.39 Å². The maximum atomic E-state index is 13.5. The summed E-state index contributed by atoms with van der Waals surface area (Å²) in [5.74, 6) is 0.522. The van der Waals surface area contributed by atoms with Gasteiger partial charge in [0.1, 0.15) is 5.82 Å². The minimum absolute atomic E-state index is 0.00295. The second kappa shape index (κ2) is 7.16. The van der Waals surface area contributed by atoms with Crippen LogP contribution in [0.3, 0.4) is 0 Å². The van der Waals surface area contributed by atoms with E-state index in [2.05, 4.69) is 5.32 Å². The summed E-state index contributed by atoms with van der Waals surface area (Å²) in [6.45, 7) is 5.27. The molecule has 2 N–H and O–H groups in total. The molecule has 0 aromatic heterocycles. The highest BCUT2D eigenvalue weighted by Gasteiger charge is 2.21. The van der Waals surface area contributed by atoms with E-state index < -0.39 is 6.10 Å². The van der Waals surface area contributed by atoms with Crippen molar-refractivity contribution in [3.63, 3.8) is 0 Å². The first-order chi connectivity index (χ1) is 9.56. The summed E-state index contributed by atoms with van der Waals surface area (Å²) in [6.07, 6.45) is 1.99. The fourth-order valence-corrected chi connectivity index (χ4v) is 2.02. The molecule has 20 heavy (non-hydrogen) atoms. The molecule has 1 aromatic carbocycles. The highest BCUT2D eigenvalue weighted by atomic mass is 19.1. The van der Waals surface area contributed by atoms with Crippen LogP contribution >= 0.6 is 0 Å². The SMILES string of the molecule is Cc1ccc(C(C)NCC(O)COCC2CC2)cc1F. The van der Waals surface area contributed by atoms with Gasteiger partial charge in [0, 0.05) is 19.2 Å². The van der Waals surface area contributed by atoms with Crippen molar-refractivity contribution in [2.45, 2.75) is 38.8 Å².